The zero-order valence-corrected chi connectivity index (χ0v) is 15.7. The number of piperazine rings is 1. The van der Waals surface area contributed by atoms with E-state index in [9.17, 15) is 14.4 Å². The number of hydrogen-bond acceptors (Lipinski definition) is 5. The third-order valence-corrected chi connectivity index (χ3v) is 5.00. The predicted octanol–water partition coefficient (Wildman–Crippen LogP) is -0.166. The van der Waals surface area contributed by atoms with Gasteiger partial charge in [0.25, 0.3) is 11.1 Å². The Morgan fingerprint density at radius 3 is 2.52 bits per heavy atom. The van der Waals surface area contributed by atoms with Crippen molar-refractivity contribution in [2.75, 3.05) is 46.3 Å². The van der Waals surface area contributed by atoms with Crippen molar-refractivity contribution in [2.24, 2.45) is 0 Å². The molecule has 0 spiro atoms. The number of hydrogen-bond donors (Lipinski definition) is 2. The highest BCUT2D eigenvalue weighted by molar-refractivity contribution is 5.81. The number of H-pyrrole nitrogens is 1. The fraction of sp³-hybridized carbons (Fsp3) is 0.526. The number of unbranched alkanes of at least 4 members (excludes halogenated alkanes) is 1. The molecule has 0 unspecified atom stereocenters. The van der Waals surface area contributed by atoms with Crippen molar-refractivity contribution in [3.05, 3.63) is 45.0 Å². The predicted molar refractivity (Wildman–Crippen MR) is 105 cm³/mol. The third-order valence-electron chi connectivity index (χ3n) is 5.00. The molecule has 1 aromatic heterocycles. The Kier molecular flexibility index (Phi) is 6.41. The van der Waals surface area contributed by atoms with E-state index in [0.29, 0.717) is 17.3 Å². The topological polar surface area (TPSA) is 90.4 Å². The van der Waals surface area contributed by atoms with E-state index in [1.807, 2.05) is 0 Å². The van der Waals surface area contributed by atoms with Gasteiger partial charge in [-0.25, -0.2) is 4.68 Å². The highest BCUT2D eigenvalue weighted by Crippen LogP contribution is 2.03. The van der Waals surface area contributed by atoms with E-state index in [-0.39, 0.29) is 23.6 Å². The number of likely N-dealkylation sites (N-methyl/N-ethyl adjacent to an activating group) is 1. The van der Waals surface area contributed by atoms with E-state index in [1.54, 1.807) is 24.3 Å². The molecule has 0 aliphatic carbocycles. The molecule has 1 fully saturated rings. The maximum Gasteiger partial charge on any atom is 0.273 e. The Labute approximate surface area is 157 Å². The molecule has 2 aromatic rings. The SMILES string of the molecule is CN1CCN(CCCCNC(=O)Cn2[nH]c(=O)c3ccccc3c2=O)CC1. The largest absolute Gasteiger partial charge is 0.354 e. The highest BCUT2D eigenvalue weighted by atomic mass is 16.2. The maximum atomic E-state index is 12.4. The molecule has 27 heavy (non-hydrogen) atoms. The summed E-state index contributed by atoms with van der Waals surface area (Å²) in [4.78, 5) is 41.3. The second-order valence-electron chi connectivity index (χ2n) is 7.08. The average molecular weight is 373 g/mol. The van der Waals surface area contributed by atoms with E-state index in [4.69, 9.17) is 0 Å². The number of aromatic nitrogens is 2. The van der Waals surface area contributed by atoms with Crippen molar-refractivity contribution in [3.63, 3.8) is 0 Å². The minimum atomic E-state index is -0.370. The summed E-state index contributed by atoms with van der Waals surface area (Å²) >= 11 is 0. The number of carbonyl (C=O) groups is 1. The molecule has 0 radical (unpaired) electrons. The molecule has 0 saturated carbocycles. The summed E-state index contributed by atoms with van der Waals surface area (Å²) in [5, 5.41) is 5.95. The minimum Gasteiger partial charge on any atom is -0.354 e. The first-order chi connectivity index (χ1) is 13.0. The van der Waals surface area contributed by atoms with Gasteiger partial charge in [-0.2, -0.15) is 0 Å². The molecular weight excluding hydrogens is 346 g/mol. The monoisotopic (exact) mass is 373 g/mol. The molecule has 0 atom stereocenters. The molecule has 1 saturated heterocycles. The molecule has 1 aliphatic heterocycles. The van der Waals surface area contributed by atoms with Crippen LogP contribution in [0.4, 0.5) is 0 Å². The van der Waals surface area contributed by atoms with Gasteiger partial charge in [0.1, 0.15) is 6.54 Å². The van der Waals surface area contributed by atoms with Crippen LogP contribution in [0.3, 0.4) is 0 Å². The maximum absolute atomic E-state index is 12.4. The van der Waals surface area contributed by atoms with Gasteiger partial charge >= 0.3 is 0 Å². The van der Waals surface area contributed by atoms with Gasteiger partial charge in [-0.05, 0) is 38.6 Å². The fourth-order valence-electron chi connectivity index (χ4n) is 3.32. The van der Waals surface area contributed by atoms with Gasteiger partial charge in [-0.15, -0.1) is 0 Å². The van der Waals surface area contributed by atoms with E-state index >= 15 is 0 Å². The van der Waals surface area contributed by atoms with Crippen LogP contribution >= 0.6 is 0 Å². The van der Waals surface area contributed by atoms with E-state index in [0.717, 1.165) is 50.2 Å². The van der Waals surface area contributed by atoms with Gasteiger partial charge in [-0.1, -0.05) is 12.1 Å². The Balaban J connectivity index is 1.45. The quantitative estimate of drug-likeness (QED) is 0.658. The number of aromatic amines is 1. The summed E-state index contributed by atoms with van der Waals surface area (Å²) in [7, 11) is 2.14. The molecule has 2 N–H and O–H groups in total. The number of rotatable bonds is 7. The van der Waals surface area contributed by atoms with Crippen LogP contribution in [0.2, 0.25) is 0 Å². The first kappa shape index (κ1) is 19.3. The first-order valence-corrected chi connectivity index (χ1v) is 9.44. The molecule has 146 valence electrons. The number of benzene rings is 1. The van der Waals surface area contributed by atoms with E-state index < -0.39 is 0 Å². The van der Waals surface area contributed by atoms with Crippen LogP contribution in [0.5, 0.6) is 0 Å². The molecule has 0 bridgehead atoms. The Morgan fingerprint density at radius 2 is 1.78 bits per heavy atom. The summed E-state index contributed by atoms with van der Waals surface area (Å²) in [6, 6.07) is 6.60. The van der Waals surface area contributed by atoms with Crippen molar-refractivity contribution in [1.82, 2.24) is 24.9 Å². The molecule has 2 heterocycles. The van der Waals surface area contributed by atoms with E-state index in [2.05, 4.69) is 27.3 Å². The lowest BCUT2D eigenvalue weighted by Crippen LogP contribution is -2.44. The van der Waals surface area contributed by atoms with Gasteiger partial charge < -0.3 is 15.1 Å². The van der Waals surface area contributed by atoms with Crippen molar-refractivity contribution in [2.45, 2.75) is 19.4 Å². The van der Waals surface area contributed by atoms with Gasteiger partial charge in [0.15, 0.2) is 0 Å². The number of fused-ring (bicyclic) bond motifs is 1. The summed E-state index contributed by atoms with van der Waals surface area (Å²) < 4.78 is 1.07. The summed E-state index contributed by atoms with van der Waals surface area (Å²) in [5.74, 6) is -0.275. The van der Waals surface area contributed by atoms with Crippen LogP contribution in [0.15, 0.2) is 33.9 Å². The molecule has 8 heteroatoms. The van der Waals surface area contributed by atoms with Crippen LogP contribution < -0.4 is 16.4 Å². The molecule has 1 amide bonds. The lowest BCUT2D eigenvalue weighted by Gasteiger charge is -2.32. The molecule has 8 nitrogen and oxygen atoms in total. The lowest BCUT2D eigenvalue weighted by atomic mass is 10.2. The number of nitrogens with one attached hydrogen (secondary N) is 2. The average Bonchev–Trinajstić information content (AvgIpc) is 2.67. The number of nitrogens with zero attached hydrogens (tertiary/aromatic N) is 3. The molecule has 1 aliphatic rings. The first-order valence-electron chi connectivity index (χ1n) is 9.44. The van der Waals surface area contributed by atoms with Gasteiger partial charge in [0.05, 0.1) is 10.8 Å². The zero-order chi connectivity index (χ0) is 19.2. The Hall–Kier alpha value is -2.45. The summed E-state index contributed by atoms with van der Waals surface area (Å²) in [6.45, 7) is 5.84. The van der Waals surface area contributed by atoms with Crippen molar-refractivity contribution in [3.8, 4) is 0 Å². The molecule has 3 rings (SSSR count). The standard InChI is InChI=1S/C19H27N5O3/c1-22-10-12-23(13-11-22)9-5-4-8-20-17(25)14-24-19(27)16-7-3-2-6-15(16)18(26)21-24/h2-3,6-7H,4-5,8-14H2,1H3,(H,20,25)(H,21,26). The Morgan fingerprint density at radius 1 is 1.07 bits per heavy atom. The number of amides is 1. The zero-order valence-electron chi connectivity index (χ0n) is 15.7. The van der Waals surface area contributed by atoms with Crippen LogP contribution in [0, 0.1) is 0 Å². The van der Waals surface area contributed by atoms with Gasteiger partial charge in [-0.3, -0.25) is 19.5 Å². The summed E-state index contributed by atoms with van der Waals surface area (Å²) in [5.41, 5.74) is -0.736. The van der Waals surface area contributed by atoms with Crippen LogP contribution in [-0.4, -0.2) is 71.8 Å². The second kappa shape index (κ2) is 8.96. The smallest absolute Gasteiger partial charge is 0.273 e. The normalized spacial score (nSPS) is 15.9. The van der Waals surface area contributed by atoms with E-state index in [1.165, 1.54) is 0 Å². The third kappa shape index (κ3) is 5.05. The highest BCUT2D eigenvalue weighted by Gasteiger charge is 2.13. The van der Waals surface area contributed by atoms with Crippen LogP contribution in [0.1, 0.15) is 12.8 Å². The van der Waals surface area contributed by atoms with Crippen LogP contribution in [0.25, 0.3) is 10.8 Å². The molecular formula is C19H27N5O3. The fourth-order valence-corrected chi connectivity index (χ4v) is 3.32. The Bertz CT molecular complexity index is 896. The van der Waals surface area contributed by atoms with Gasteiger partial charge in [0.2, 0.25) is 5.91 Å². The number of carbonyl (C=O) groups excluding carboxylic acids is 1. The van der Waals surface area contributed by atoms with Crippen molar-refractivity contribution < 1.29 is 4.79 Å². The van der Waals surface area contributed by atoms with Gasteiger partial charge in [0, 0.05) is 32.7 Å². The lowest BCUT2D eigenvalue weighted by molar-refractivity contribution is -0.121. The molecule has 1 aromatic carbocycles. The van der Waals surface area contributed by atoms with Crippen molar-refractivity contribution in [1.29, 1.82) is 0 Å². The van der Waals surface area contributed by atoms with Crippen LogP contribution in [-0.2, 0) is 11.3 Å². The minimum absolute atomic E-state index is 0.183. The second-order valence-corrected chi connectivity index (χ2v) is 7.08. The summed E-state index contributed by atoms with van der Waals surface area (Å²) in [6.07, 6.45) is 1.91. The van der Waals surface area contributed by atoms with Crippen molar-refractivity contribution >= 4 is 16.7 Å².